The molecule has 0 fully saturated rings. The van der Waals surface area contributed by atoms with Crippen molar-refractivity contribution in [3.05, 3.63) is 53.1 Å². The van der Waals surface area contributed by atoms with Crippen molar-refractivity contribution in [3.8, 4) is 0 Å². The zero-order chi connectivity index (χ0) is 11.5. The highest BCUT2D eigenvalue weighted by atomic mass is 35.5. The quantitative estimate of drug-likeness (QED) is 0.769. The van der Waals surface area contributed by atoms with Crippen LogP contribution < -0.4 is 11.1 Å². The normalized spacial score (nSPS) is 10.1. The van der Waals surface area contributed by atoms with E-state index in [4.69, 9.17) is 17.3 Å². The van der Waals surface area contributed by atoms with Crippen molar-refractivity contribution in [2.75, 3.05) is 11.1 Å². The summed E-state index contributed by atoms with van der Waals surface area (Å²) < 4.78 is 0. The van der Waals surface area contributed by atoms with Gasteiger partial charge in [0.25, 0.3) is 0 Å². The van der Waals surface area contributed by atoms with E-state index in [2.05, 4.69) is 5.32 Å². The number of nitrogens with two attached hydrogens (primary N) is 1. The molecular weight excluding hydrogens is 220 g/mol. The van der Waals surface area contributed by atoms with Gasteiger partial charge in [-0.3, -0.25) is 0 Å². The Morgan fingerprint density at radius 3 is 2.69 bits per heavy atom. The fourth-order valence-corrected chi connectivity index (χ4v) is 1.67. The molecule has 3 N–H and O–H groups in total. The Morgan fingerprint density at radius 1 is 1.12 bits per heavy atom. The molecular formula is C13H13ClN2. The highest BCUT2D eigenvalue weighted by Gasteiger charge is 2.00. The van der Waals surface area contributed by atoms with Crippen molar-refractivity contribution in [1.29, 1.82) is 0 Å². The van der Waals surface area contributed by atoms with E-state index in [-0.39, 0.29) is 0 Å². The van der Waals surface area contributed by atoms with Gasteiger partial charge >= 0.3 is 0 Å². The molecule has 2 aromatic rings. The number of nitrogens with one attached hydrogen (secondary N) is 1. The molecule has 0 heterocycles. The van der Waals surface area contributed by atoms with Crippen LogP contribution in [0.3, 0.4) is 0 Å². The van der Waals surface area contributed by atoms with Crippen LogP contribution in [0, 0.1) is 6.92 Å². The molecule has 0 aliphatic heterocycles. The molecule has 3 heteroatoms. The minimum atomic E-state index is 0.719. The average molecular weight is 233 g/mol. The second kappa shape index (κ2) is 4.45. The maximum atomic E-state index is 5.95. The summed E-state index contributed by atoms with van der Waals surface area (Å²) in [5.74, 6) is 0. The van der Waals surface area contributed by atoms with Gasteiger partial charge in [-0.1, -0.05) is 23.7 Å². The number of benzene rings is 2. The molecule has 2 nitrogen and oxygen atoms in total. The zero-order valence-electron chi connectivity index (χ0n) is 9.00. The summed E-state index contributed by atoms with van der Waals surface area (Å²) in [6, 6.07) is 13.4. The van der Waals surface area contributed by atoms with Crippen molar-refractivity contribution in [3.63, 3.8) is 0 Å². The summed E-state index contributed by atoms with van der Waals surface area (Å²) >= 11 is 5.95. The second-order valence-electron chi connectivity index (χ2n) is 3.71. The Hall–Kier alpha value is -1.67. The molecule has 0 atom stereocenters. The van der Waals surface area contributed by atoms with Crippen molar-refractivity contribution in [2.45, 2.75) is 6.92 Å². The van der Waals surface area contributed by atoms with Crippen LogP contribution in [-0.2, 0) is 0 Å². The Balaban J connectivity index is 2.30. The summed E-state index contributed by atoms with van der Waals surface area (Å²) in [5.41, 5.74) is 9.56. The number of halogens is 1. The largest absolute Gasteiger partial charge is 0.399 e. The molecule has 0 unspecified atom stereocenters. The van der Waals surface area contributed by atoms with Gasteiger partial charge in [0.1, 0.15) is 0 Å². The second-order valence-corrected chi connectivity index (χ2v) is 4.15. The molecule has 0 saturated carbocycles. The summed E-state index contributed by atoms with van der Waals surface area (Å²) in [6.45, 7) is 2.03. The molecule has 16 heavy (non-hydrogen) atoms. The van der Waals surface area contributed by atoms with E-state index in [0.717, 1.165) is 27.6 Å². The Labute approximate surface area is 100 Å². The zero-order valence-corrected chi connectivity index (χ0v) is 9.75. The summed E-state index contributed by atoms with van der Waals surface area (Å²) in [4.78, 5) is 0. The highest BCUT2D eigenvalue weighted by molar-refractivity contribution is 6.30. The monoisotopic (exact) mass is 232 g/mol. The van der Waals surface area contributed by atoms with Crippen LogP contribution in [0.5, 0.6) is 0 Å². The van der Waals surface area contributed by atoms with Crippen molar-refractivity contribution in [1.82, 2.24) is 0 Å². The van der Waals surface area contributed by atoms with Crippen LogP contribution in [0.1, 0.15) is 5.56 Å². The summed E-state index contributed by atoms with van der Waals surface area (Å²) in [7, 11) is 0. The lowest BCUT2D eigenvalue weighted by Gasteiger charge is -2.10. The van der Waals surface area contributed by atoms with E-state index in [0.29, 0.717) is 0 Å². The number of rotatable bonds is 2. The Kier molecular flexibility index (Phi) is 3.02. The fraction of sp³-hybridized carbons (Fsp3) is 0.0769. The van der Waals surface area contributed by atoms with E-state index in [1.54, 1.807) is 0 Å². The smallest absolute Gasteiger partial charge is 0.0428 e. The van der Waals surface area contributed by atoms with Gasteiger partial charge in [-0.05, 0) is 42.8 Å². The summed E-state index contributed by atoms with van der Waals surface area (Å²) in [6.07, 6.45) is 0. The first kappa shape index (κ1) is 10.8. The molecule has 0 radical (unpaired) electrons. The first-order chi connectivity index (χ1) is 7.65. The number of nitrogen functional groups attached to an aromatic ring is 1. The maximum absolute atomic E-state index is 5.95. The highest BCUT2D eigenvalue weighted by Crippen LogP contribution is 2.24. The third kappa shape index (κ3) is 2.47. The van der Waals surface area contributed by atoms with Gasteiger partial charge in [0.2, 0.25) is 0 Å². The van der Waals surface area contributed by atoms with Gasteiger partial charge in [-0.15, -0.1) is 0 Å². The predicted molar refractivity (Wildman–Crippen MR) is 70.3 cm³/mol. The third-order valence-electron chi connectivity index (χ3n) is 2.37. The molecule has 0 amide bonds. The molecule has 0 aliphatic carbocycles. The molecule has 2 aromatic carbocycles. The lowest BCUT2D eigenvalue weighted by Crippen LogP contribution is -1.94. The van der Waals surface area contributed by atoms with E-state index in [1.807, 2.05) is 49.4 Å². The first-order valence-electron chi connectivity index (χ1n) is 5.04. The minimum Gasteiger partial charge on any atom is -0.399 e. The van der Waals surface area contributed by atoms with Gasteiger partial charge in [0, 0.05) is 22.1 Å². The van der Waals surface area contributed by atoms with Crippen LogP contribution in [0.2, 0.25) is 5.02 Å². The lowest BCUT2D eigenvalue weighted by atomic mass is 10.2. The van der Waals surface area contributed by atoms with Gasteiger partial charge in [-0.2, -0.15) is 0 Å². The SMILES string of the molecule is Cc1ccc(Cl)cc1Nc1cccc(N)c1. The van der Waals surface area contributed by atoms with E-state index in [1.165, 1.54) is 0 Å². The van der Waals surface area contributed by atoms with Crippen LogP contribution in [0.15, 0.2) is 42.5 Å². The average Bonchev–Trinajstić information content (AvgIpc) is 2.24. The minimum absolute atomic E-state index is 0.719. The van der Waals surface area contributed by atoms with E-state index < -0.39 is 0 Å². The van der Waals surface area contributed by atoms with E-state index in [9.17, 15) is 0 Å². The van der Waals surface area contributed by atoms with Crippen LogP contribution in [0.4, 0.5) is 17.1 Å². The van der Waals surface area contributed by atoms with Crippen LogP contribution in [0.25, 0.3) is 0 Å². The van der Waals surface area contributed by atoms with Gasteiger partial charge in [0.15, 0.2) is 0 Å². The topological polar surface area (TPSA) is 38.0 Å². The first-order valence-corrected chi connectivity index (χ1v) is 5.42. The van der Waals surface area contributed by atoms with Crippen LogP contribution >= 0.6 is 11.6 Å². The third-order valence-corrected chi connectivity index (χ3v) is 2.60. The van der Waals surface area contributed by atoms with Crippen molar-refractivity contribution < 1.29 is 0 Å². The van der Waals surface area contributed by atoms with Crippen molar-refractivity contribution in [2.24, 2.45) is 0 Å². The predicted octanol–water partition coefficient (Wildman–Crippen LogP) is 3.97. The lowest BCUT2D eigenvalue weighted by molar-refractivity contribution is 1.43. The number of anilines is 3. The van der Waals surface area contributed by atoms with Crippen molar-refractivity contribution >= 4 is 28.7 Å². The molecule has 0 bridgehead atoms. The number of hydrogen-bond acceptors (Lipinski definition) is 2. The van der Waals surface area contributed by atoms with Gasteiger partial charge < -0.3 is 11.1 Å². The Morgan fingerprint density at radius 2 is 1.94 bits per heavy atom. The number of hydrogen-bond donors (Lipinski definition) is 2. The maximum Gasteiger partial charge on any atom is 0.0428 e. The molecule has 0 aliphatic rings. The van der Waals surface area contributed by atoms with Crippen LogP contribution in [-0.4, -0.2) is 0 Å². The van der Waals surface area contributed by atoms with Gasteiger partial charge in [-0.25, -0.2) is 0 Å². The summed E-state index contributed by atoms with van der Waals surface area (Å²) in [5, 5.41) is 4.01. The fourth-order valence-electron chi connectivity index (χ4n) is 1.50. The molecule has 0 aromatic heterocycles. The molecule has 0 spiro atoms. The molecule has 0 saturated heterocycles. The standard InChI is InChI=1S/C13H13ClN2/c1-9-5-6-10(14)7-13(9)16-12-4-2-3-11(15)8-12/h2-8,16H,15H2,1H3. The molecule has 2 rings (SSSR count). The van der Waals surface area contributed by atoms with Gasteiger partial charge in [0.05, 0.1) is 0 Å². The molecule has 82 valence electrons. The Bertz CT molecular complexity index is 509. The van der Waals surface area contributed by atoms with E-state index >= 15 is 0 Å². The number of aryl methyl sites for hydroxylation is 1.